The monoisotopic (exact) mass is 353 g/mol. The first kappa shape index (κ1) is 17.1. The highest BCUT2D eigenvalue weighted by molar-refractivity contribution is 6.11. The number of anilines is 1. The Kier molecular flexibility index (Phi) is 4.61. The van der Waals surface area contributed by atoms with E-state index in [-0.39, 0.29) is 23.7 Å². The normalized spacial score (nSPS) is 10.5. The van der Waals surface area contributed by atoms with Crippen molar-refractivity contribution < 1.29 is 14.5 Å². The van der Waals surface area contributed by atoms with Gasteiger partial charge in [-0.2, -0.15) is 5.10 Å². The van der Waals surface area contributed by atoms with Gasteiger partial charge in [-0.25, -0.2) is 0 Å². The molecule has 26 heavy (non-hydrogen) atoms. The van der Waals surface area contributed by atoms with Crippen molar-refractivity contribution in [3.05, 3.63) is 63.8 Å². The Balaban J connectivity index is 1.79. The number of fused-ring (bicyclic) bond motifs is 1. The van der Waals surface area contributed by atoms with Crippen molar-refractivity contribution in [2.45, 2.75) is 6.42 Å². The van der Waals surface area contributed by atoms with Gasteiger partial charge in [-0.3, -0.25) is 24.8 Å². The number of nitro groups is 1. The molecule has 1 heterocycles. The van der Waals surface area contributed by atoms with Crippen LogP contribution in [0.25, 0.3) is 10.9 Å². The lowest BCUT2D eigenvalue weighted by molar-refractivity contribution is -0.384. The Bertz CT molecular complexity index is 994. The van der Waals surface area contributed by atoms with Gasteiger partial charge in [-0.1, -0.05) is 12.1 Å². The van der Waals surface area contributed by atoms with Crippen LogP contribution in [0.3, 0.4) is 0 Å². The van der Waals surface area contributed by atoms with Gasteiger partial charge in [-0.05, 0) is 23.8 Å². The van der Waals surface area contributed by atoms with Gasteiger partial charge in [0.15, 0.2) is 5.69 Å². The van der Waals surface area contributed by atoms with Crippen LogP contribution < -0.4 is 10.6 Å². The molecule has 0 saturated heterocycles. The molecule has 0 bridgehead atoms. The Morgan fingerprint density at radius 1 is 1.19 bits per heavy atom. The second-order valence-electron chi connectivity index (χ2n) is 5.56. The predicted molar refractivity (Wildman–Crippen MR) is 94.9 cm³/mol. The largest absolute Gasteiger partial charge is 0.359 e. The van der Waals surface area contributed by atoms with Crippen molar-refractivity contribution in [1.29, 1.82) is 0 Å². The molecule has 0 aliphatic carbocycles. The number of nitro benzene ring substituents is 1. The minimum Gasteiger partial charge on any atom is -0.359 e. The molecule has 3 rings (SSSR count). The number of benzene rings is 2. The van der Waals surface area contributed by atoms with Gasteiger partial charge in [0.1, 0.15) is 0 Å². The van der Waals surface area contributed by atoms with E-state index >= 15 is 0 Å². The van der Waals surface area contributed by atoms with Gasteiger partial charge in [0.2, 0.25) is 5.91 Å². The summed E-state index contributed by atoms with van der Waals surface area (Å²) in [6, 6.07) is 11.0. The van der Waals surface area contributed by atoms with Gasteiger partial charge in [0.25, 0.3) is 11.6 Å². The van der Waals surface area contributed by atoms with Crippen molar-refractivity contribution in [1.82, 2.24) is 15.5 Å². The van der Waals surface area contributed by atoms with Gasteiger partial charge in [0, 0.05) is 30.3 Å². The second-order valence-corrected chi connectivity index (χ2v) is 5.56. The van der Waals surface area contributed by atoms with Crippen LogP contribution in [0.5, 0.6) is 0 Å². The highest BCUT2D eigenvalue weighted by Crippen LogP contribution is 2.23. The van der Waals surface area contributed by atoms with Crippen molar-refractivity contribution in [3.8, 4) is 0 Å². The second kappa shape index (κ2) is 7.01. The van der Waals surface area contributed by atoms with Crippen LogP contribution >= 0.6 is 0 Å². The van der Waals surface area contributed by atoms with Gasteiger partial charge < -0.3 is 10.6 Å². The number of hydrogen-bond donors (Lipinski definition) is 3. The molecule has 2 amide bonds. The number of nitrogens with zero attached hydrogens (tertiary/aromatic N) is 2. The highest BCUT2D eigenvalue weighted by atomic mass is 16.6. The molecule has 2 aromatic carbocycles. The zero-order valence-corrected chi connectivity index (χ0v) is 13.8. The van der Waals surface area contributed by atoms with Crippen LogP contribution in [0.1, 0.15) is 16.1 Å². The third-order valence-corrected chi connectivity index (χ3v) is 3.83. The van der Waals surface area contributed by atoms with Gasteiger partial charge >= 0.3 is 0 Å². The average molecular weight is 353 g/mol. The number of likely N-dealkylation sites (N-methyl/N-ethyl adjacent to an activating group) is 1. The first-order valence-corrected chi connectivity index (χ1v) is 7.71. The topological polar surface area (TPSA) is 130 Å². The van der Waals surface area contributed by atoms with E-state index < -0.39 is 10.8 Å². The summed E-state index contributed by atoms with van der Waals surface area (Å²) in [5.74, 6) is -0.595. The molecule has 0 saturated carbocycles. The maximum absolute atomic E-state index is 12.5. The molecule has 9 heteroatoms. The summed E-state index contributed by atoms with van der Waals surface area (Å²) in [5.41, 5.74) is 1.81. The third kappa shape index (κ3) is 3.51. The Morgan fingerprint density at radius 3 is 2.58 bits per heavy atom. The first-order valence-electron chi connectivity index (χ1n) is 7.71. The van der Waals surface area contributed by atoms with E-state index in [2.05, 4.69) is 20.8 Å². The highest BCUT2D eigenvalue weighted by Gasteiger charge is 2.17. The quantitative estimate of drug-likeness (QED) is 0.477. The molecule has 132 valence electrons. The van der Waals surface area contributed by atoms with Crippen LogP contribution in [0.4, 0.5) is 11.4 Å². The predicted octanol–water partition coefficient (Wildman–Crippen LogP) is 2.01. The minimum atomic E-state index is -0.528. The fourth-order valence-electron chi connectivity index (χ4n) is 2.46. The number of carbonyl (C=O) groups excluding carboxylic acids is 2. The van der Waals surface area contributed by atoms with E-state index in [1.807, 2.05) is 0 Å². The van der Waals surface area contributed by atoms with Crippen LogP contribution in [0.15, 0.2) is 42.5 Å². The standard InChI is InChI=1S/C17H15N5O4/c1-18-15(23)8-10-2-4-11(5-3-10)19-17(24)16-13-9-12(22(25)26)6-7-14(13)20-21-16/h2-7,9H,8H2,1H3,(H,18,23)(H,19,24)(H,20,21). The third-order valence-electron chi connectivity index (χ3n) is 3.83. The summed E-state index contributed by atoms with van der Waals surface area (Å²) in [7, 11) is 1.56. The van der Waals surface area contributed by atoms with E-state index in [9.17, 15) is 19.7 Å². The summed E-state index contributed by atoms with van der Waals surface area (Å²) in [6.45, 7) is 0. The molecule has 0 fully saturated rings. The summed E-state index contributed by atoms with van der Waals surface area (Å²) in [4.78, 5) is 34.2. The average Bonchev–Trinajstić information content (AvgIpc) is 3.06. The van der Waals surface area contributed by atoms with Crippen LogP contribution in [0, 0.1) is 10.1 Å². The summed E-state index contributed by atoms with van der Waals surface area (Å²) >= 11 is 0. The van der Waals surface area contributed by atoms with Crippen molar-refractivity contribution in [3.63, 3.8) is 0 Å². The lowest BCUT2D eigenvalue weighted by Gasteiger charge is -2.05. The van der Waals surface area contributed by atoms with E-state index in [1.54, 1.807) is 31.3 Å². The lowest BCUT2D eigenvalue weighted by atomic mass is 10.1. The number of non-ortho nitro benzene ring substituents is 1. The molecule has 0 aliphatic heterocycles. The van der Waals surface area contributed by atoms with Gasteiger partial charge in [0.05, 0.1) is 16.9 Å². The molecule has 0 atom stereocenters. The number of H-pyrrole nitrogens is 1. The lowest BCUT2D eigenvalue weighted by Crippen LogP contribution is -2.19. The smallest absolute Gasteiger partial charge is 0.276 e. The van der Waals surface area contributed by atoms with E-state index in [1.165, 1.54) is 18.2 Å². The number of nitrogens with one attached hydrogen (secondary N) is 3. The Morgan fingerprint density at radius 2 is 1.92 bits per heavy atom. The zero-order chi connectivity index (χ0) is 18.7. The van der Waals surface area contributed by atoms with Crippen LogP contribution in [-0.4, -0.2) is 34.0 Å². The van der Waals surface area contributed by atoms with E-state index in [4.69, 9.17) is 0 Å². The summed E-state index contributed by atoms with van der Waals surface area (Å²) in [6.07, 6.45) is 0.248. The molecule has 3 aromatic rings. The number of carbonyl (C=O) groups is 2. The SMILES string of the molecule is CNC(=O)Cc1ccc(NC(=O)c2n[nH]c3ccc([N+](=O)[O-])cc23)cc1. The van der Waals surface area contributed by atoms with Crippen LogP contribution in [0.2, 0.25) is 0 Å². The fourth-order valence-corrected chi connectivity index (χ4v) is 2.46. The molecule has 0 unspecified atom stereocenters. The number of rotatable bonds is 5. The molecule has 0 radical (unpaired) electrons. The first-order chi connectivity index (χ1) is 12.5. The van der Waals surface area contributed by atoms with Crippen molar-refractivity contribution in [2.75, 3.05) is 12.4 Å². The number of hydrogen-bond acceptors (Lipinski definition) is 5. The maximum Gasteiger partial charge on any atom is 0.276 e. The molecule has 3 N–H and O–H groups in total. The van der Waals surface area contributed by atoms with Gasteiger partial charge in [-0.15, -0.1) is 0 Å². The zero-order valence-electron chi connectivity index (χ0n) is 13.8. The molecular weight excluding hydrogens is 338 g/mol. The summed E-state index contributed by atoms with van der Waals surface area (Å²) in [5, 5.41) is 23.1. The molecule has 1 aromatic heterocycles. The molecular formula is C17H15N5O4. The number of amides is 2. The summed E-state index contributed by atoms with van der Waals surface area (Å²) < 4.78 is 0. The maximum atomic E-state index is 12.5. The molecule has 0 aliphatic rings. The fraction of sp³-hybridized carbons (Fsp3) is 0.118. The molecule has 0 spiro atoms. The number of aromatic amines is 1. The minimum absolute atomic E-state index is 0.0677. The Labute approximate surface area is 147 Å². The van der Waals surface area contributed by atoms with E-state index in [0.717, 1.165) is 5.56 Å². The molecule has 9 nitrogen and oxygen atoms in total. The Hall–Kier alpha value is -3.75. The van der Waals surface area contributed by atoms with E-state index in [0.29, 0.717) is 16.6 Å². The number of aromatic nitrogens is 2. The van der Waals surface area contributed by atoms with Crippen molar-refractivity contribution in [2.24, 2.45) is 0 Å². The van der Waals surface area contributed by atoms with Crippen molar-refractivity contribution >= 4 is 34.1 Å². The van der Waals surface area contributed by atoms with Crippen LogP contribution in [-0.2, 0) is 11.2 Å².